The number of carbonyl (C=O) groups excluding carboxylic acids is 3. The SMILES string of the molecule is CC(C)=CCC/C(C)=C/CN1C(=O)[C@](O)([C@H](C)/C=C/CC(=O)N(CCO)Cc2ccccc2)c2cc(N3C(=O)c4ccccc4Oc4ccccc43)ccc21. The molecule has 9 nitrogen and oxygen atoms in total. The number of para-hydroxylation sites is 3. The summed E-state index contributed by atoms with van der Waals surface area (Å²) in [6.07, 6.45) is 9.33. The van der Waals surface area contributed by atoms with E-state index < -0.39 is 17.4 Å². The van der Waals surface area contributed by atoms with E-state index in [4.69, 9.17) is 4.74 Å². The molecule has 2 atom stereocenters. The molecule has 0 bridgehead atoms. The van der Waals surface area contributed by atoms with Gasteiger partial charge in [0.25, 0.3) is 11.8 Å². The van der Waals surface area contributed by atoms with Gasteiger partial charge in [0.1, 0.15) is 5.75 Å². The Morgan fingerprint density at radius 3 is 2.35 bits per heavy atom. The third-order valence-electron chi connectivity index (χ3n) is 10.2. The maximum atomic E-state index is 14.5. The van der Waals surface area contributed by atoms with Crippen molar-refractivity contribution in [1.29, 1.82) is 0 Å². The number of hydrogen-bond acceptors (Lipinski definition) is 6. The Morgan fingerprint density at radius 1 is 0.891 bits per heavy atom. The Hall–Kier alpha value is -5.77. The maximum Gasteiger partial charge on any atom is 0.266 e. The van der Waals surface area contributed by atoms with Crippen molar-refractivity contribution in [3.63, 3.8) is 0 Å². The van der Waals surface area contributed by atoms with Gasteiger partial charge in [0.2, 0.25) is 5.91 Å². The smallest absolute Gasteiger partial charge is 0.266 e. The van der Waals surface area contributed by atoms with Gasteiger partial charge in [-0.25, -0.2) is 0 Å². The minimum atomic E-state index is -2.01. The predicted octanol–water partition coefficient (Wildman–Crippen LogP) is 8.60. The van der Waals surface area contributed by atoms with E-state index in [-0.39, 0.29) is 37.9 Å². The van der Waals surface area contributed by atoms with Gasteiger partial charge in [0, 0.05) is 43.2 Å². The Labute approximate surface area is 323 Å². The summed E-state index contributed by atoms with van der Waals surface area (Å²) in [5.41, 5.74) is 3.59. The van der Waals surface area contributed by atoms with Gasteiger partial charge in [0.15, 0.2) is 11.4 Å². The van der Waals surface area contributed by atoms with Crippen LogP contribution in [0.2, 0.25) is 0 Å². The monoisotopic (exact) mass is 739 g/mol. The molecule has 0 saturated carbocycles. The number of amides is 3. The second-order valence-electron chi connectivity index (χ2n) is 14.4. The topological polar surface area (TPSA) is 111 Å². The van der Waals surface area contributed by atoms with Crippen LogP contribution in [0, 0.1) is 5.92 Å². The lowest BCUT2D eigenvalue weighted by atomic mass is 9.82. The van der Waals surface area contributed by atoms with Crippen LogP contribution < -0.4 is 14.5 Å². The van der Waals surface area contributed by atoms with Crippen LogP contribution in [0.5, 0.6) is 11.5 Å². The molecule has 4 aromatic carbocycles. The van der Waals surface area contributed by atoms with Crippen LogP contribution in [-0.2, 0) is 21.7 Å². The highest BCUT2D eigenvalue weighted by molar-refractivity contribution is 6.15. The number of ether oxygens (including phenoxy) is 1. The number of hydrogen-bond donors (Lipinski definition) is 2. The Morgan fingerprint density at radius 2 is 1.60 bits per heavy atom. The average molecular weight is 740 g/mol. The van der Waals surface area contributed by atoms with E-state index in [1.165, 1.54) is 5.57 Å². The van der Waals surface area contributed by atoms with E-state index in [9.17, 15) is 24.6 Å². The van der Waals surface area contributed by atoms with E-state index in [2.05, 4.69) is 19.9 Å². The highest BCUT2D eigenvalue weighted by Crippen LogP contribution is 2.49. The van der Waals surface area contributed by atoms with Crippen molar-refractivity contribution in [3.05, 3.63) is 149 Å². The fourth-order valence-corrected chi connectivity index (χ4v) is 7.12. The number of nitrogens with zero attached hydrogens (tertiary/aromatic N) is 3. The molecule has 0 saturated heterocycles. The second-order valence-corrected chi connectivity index (χ2v) is 14.4. The zero-order chi connectivity index (χ0) is 39.1. The van der Waals surface area contributed by atoms with Crippen molar-refractivity contribution < 1.29 is 29.3 Å². The van der Waals surface area contributed by atoms with Gasteiger partial charge in [-0.1, -0.05) is 97.0 Å². The fourth-order valence-electron chi connectivity index (χ4n) is 7.12. The third-order valence-corrected chi connectivity index (χ3v) is 10.2. The molecule has 9 heteroatoms. The fraction of sp³-hybridized carbons (Fsp3) is 0.283. The molecule has 6 rings (SSSR count). The Kier molecular flexibility index (Phi) is 12.1. The maximum absolute atomic E-state index is 14.5. The number of benzene rings is 4. The summed E-state index contributed by atoms with van der Waals surface area (Å²) in [7, 11) is 0. The second kappa shape index (κ2) is 17.1. The van der Waals surface area contributed by atoms with E-state index in [0.717, 1.165) is 24.0 Å². The molecule has 3 amide bonds. The summed E-state index contributed by atoms with van der Waals surface area (Å²) in [5.74, 6) is -0.821. The summed E-state index contributed by atoms with van der Waals surface area (Å²) in [4.78, 5) is 46.9. The molecule has 0 fully saturated rings. The first kappa shape index (κ1) is 38.9. The van der Waals surface area contributed by atoms with Crippen molar-refractivity contribution in [1.82, 2.24) is 4.90 Å². The number of aliphatic hydroxyl groups is 2. The minimum Gasteiger partial charge on any atom is -0.454 e. The number of rotatable bonds is 14. The molecule has 0 aromatic heterocycles. The summed E-state index contributed by atoms with van der Waals surface area (Å²) in [6, 6.07) is 29.2. The minimum absolute atomic E-state index is 0.0180. The third kappa shape index (κ3) is 8.33. The van der Waals surface area contributed by atoms with Gasteiger partial charge < -0.3 is 24.7 Å². The quantitative estimate of drug-likeness (QED) is 0.125. The summed E-state index contributed by atoms with van der Waals surface area (Å²) >= 11 is 0. The molecule has 284 valence electrons. The number of fused-ring (bicyclic) bond motifs is 3. The van der Waals surface area contributed by atoms with Gasteiger partial charge in [0.05, 0.1) is 23.5 Å². The molecule has 2 N–H and O–H groups in total. The van der Waals surface area contributed by atoms with Crippen LogP contribution in [0.4, 0.5) is 17.1 Å². The summed E-state index contributed by atoms with van der Waals surface area (Å²) in [5, 5.41) is 22.3. The first-order valence-electron chi connectivity index (χ1n) is 18.8. The standard InChI is InChI=1S/C46H49N3O6/c1-32(2)14-12-15-33(3)26-27-48-39-25-24-36(49-40-20-9-11-22-42(40)55-41-21-10-8-19-37(41)44(49)52)30-38(39)46(54,45(48)53)34(4)16-13-23-43(51)47(28-29-50)31-35-17-6-5-7-18-35/h5-11,13-14,16-22,24-26,30,34,50,54H,12,15,23,27-29,31H2,1-4H3/b16-13+,33-26+/t34-,46+/m1/s1. The summed E-state index contributed by atoms with van der Waals surface area (Å²) in [6.45, 7) is 8.55. The van der Waals surface area contributed by atoms with Crippen LogP contribution in [0.3, 0.4) is 0 Å². The van der Waals surface area contributed by atoms with E-state index >= 15 is 0 Å². The van der Waals surface area contributed by atoms with Crippen LogP contribution in [0.15, 0.2) is 133 Å². The van der Waals surface area contributed by atoms with Gasteiger partial charge in [-0.3, -0.25) is 19.3 Å². The molecule has 2 heterocycles. The summed E-state index contributed by atoms with van der Waals surface area (Å²) < 4.78 is 6.22. The molecule has 4 aromatic rings. The molecule has 2 aliphatic heterocycles. The first-order chi connectivity index (χ1) is 26.5. The van der Waals surface area contributed by atoms with Crippen molar-refractivity contribution in [2.75, 3.05) is 29.5 Å². The van der Waals surface area contributed by atoms with Crippen LogP contribution in [0.25, 0.3) is 0 Å². The van der Waals surface area contributed by atoms with Crippen molar-refractivity contribution in [2.45, 2.75) is 59.1 Å². The number of anilines is 3. The van der Waals surface area contributed by atoms with Gasteiger partial charge >= 0.3 is 0 Å². The van der Waals surface area contributed by atoms with E-state index in [1.54, 1.807) is 82.3 Å². The highest BCUT2D eigenvalue weighted by atomic mass is 16.5. The Bertz CT molecular complexity index is 2140. The largest absolute Gasteiger partial charge is 0.454 e. The molecule has 0 radical (unpaired) electrons. The van der Waals surface area contributed by atoms with Gasteiger partial charge in [-0.2, -0.15) is 0 Å². The normalized spacial score (nSPS) is 16.9. The molecule has 0 unspecified atom stereocenters. The van der Waals surface area contributed by atoms with Crippen molar-refractivity contribution >= 4 is 34.8 Å². The van der Waals surface area contributed by atoms with Crippen LogP contribution in [-0.4, -0.2) is 52.5 Å². The van der Waals surface area contributed by atoms with Gasteiger partial charge in [-0.15, -0.1) is 0 Å². The zero-order valence-electron chi connectivity index (χ0n) is 31.9. The van der Waals surface area contributed by atoms with Crippen molar-refractivity contribution in [3.8, 4) is 11.5 Å². The molecule has 55 heavy (non-hydrogen) atoms. The molecular weight excluding hydrogens is 691 g/mol. The number of carbonyl (C=O) groups is 3. The zero-order valence-corrected chi connectivity index (χ0v) is 31.9. The van der Waals surface area contributed by atoms with E-state index in [1.807, 2.05) is 61.5 Å². The molecule has 2 aliphatic rings. The molecule has 0 spiro atoms. The molecule has 0 aliphatic carbocycles. The van der Waals surface area contributed by atoms with E-state index in [0.29, 0.717) is 46.2 Å². The average Bonchev–Trinajstić information content (AvgIpc) is 3.31. The number of allylic oxidation sites excluding steroid dienone is 3. The lowest BCUT2D eigenvalue weighted by molar-refractivity contribution is -0.139. The Balaban J connectivity index is 1.35. The molecular formula is C46H49N3O6. The lowest BCUT2D eigenvalue weighted by Crippen LogP contribution is -2.44. The first-order valence-corrected chi connectivity index (χ1v) is 18.8. The van der Waals surface area contributed by atoms with Crippen LogP contribution >= 0.6 is 0 Å². The predicted molar refractivity (Wildman–Crippen MR) is 216 cm³/mol. The highest BCUT2D eigenvalue weighted by Gasteiger charge is 2.52. The van der Waals surface area contributed by atoms with Gasteiger partial charge in [-0.05, 0) is 81.6 Å². The van der Waals surface area contributed by atoms with Crippen LogP contribution in [0.1, 0.15) is 68.4 Å². The lowest BCUT2D eigenvalue weighted by Gasteiger charge is -2.28. The van der Waals surface area contributed by atoms with Crippen molar-refractivity contribution in [2.24, 2.45) is 5.92 Å². The number of aliphatic hydroxyl groups excluding tert-OH is 1.